The molecule has 2 aliphatic rings. The van der Waals surface area contributed by atoms with Crippen molar-refractivity contribution in [3.05, 3.63) is 47.7 Å². The van der Waals surface area contributed by atoms with Crippen molar-refractivity contribution in [3.63, 3.8) is 0 Å². The van der Waals surface area contributed by atoms with E-state index in [4.69, 9.17) is 5.10 Å². The molecule has 0 saturated heterocycles. The molecule has 0 saturated carbocycles. The third kappa shape index (κ3) is 4.31. The minimum absolute atomic E-state index is 0.879. The first kappa shape index (κ1) is 17.7. The summed E-state index contributed by atoms with van der Waals surface area (Å²) in [6, 6.07) is 4.70. The van der Waals surface area contributed by atoms with Crippen molar-refractivity contribution < 1.29 is 5.32 Å². The first-order valence-electron chi connectivity index (χ1n) is 9.48. The predicted molar refractivity (Wildman–Crippen MR) is 108 cm³/mol. The molecule has 2 N–H and O–H groups in total. The Morgan fingerprint density at radius 3 is 2.52 bits per heavy atom. The van der Waals surface area contributed by atoms with Gasteiger partial charge in [0.15, 0.2) is 0 Å². The highest BCUT2D eigenvalue weighted by atomic mass is 15.4. The molecular formula is C21H31N4+. The molecule has 0 aliphatic carbocycles. The first-order chi connectivity index (χ1) is 12.2. The van der Waals surface area contributed by atoms with Gasteiger partial charge in [0, 0.05) is 38.0 Å². The fraction of sp³-hybridized carbons (Fsp3) is 0.476. The van der Waals surface area contributed by atoms with Crippen LogP contribution in [0, 0.1) is 0 Å². The zero-order valence-corrected chi connectivity index (χ0v) is 15.8. The van der Waals surface area contributed by atoms with Gasteiger partial charge in [-0.25, -0.2) is 0 Å². The number of hydrazone groups is 1. The normalized spacial score (nSPS) is 17.4. The van der Waals surface area contributed by atoms with Gasteiger partial charge < -0.3 is 10.2 Å². The Morgan fingerprint density at radius 1 is 1.20 bits per heavy atom. The summed E-state index contributed by atoms with van der Waals surface area (Å²) in [6.45, 7) is 4.55. The second-order valence-corrected chi connectivity index (χ2v) is 7.02. The van der Waals surface area contributed by atoms with Crippen LogP contribution in [0.2, 0.25) is 0 Å². The number of hydrogen-bond acceptors (Lipinski definition) is 3. The molecule has 2 aliphatic heterocycles. The zero-order valence-electron chi connectivity index (χ0n) is 15.8. The molecule has 1 aromatic rings. The molecule has 3 rings (SSSR count). The number of aryl methyl sites for hydroxylation is 2. The molecule has 0 atom stereocenters. The maximum atomic E-state index is 4.78. The number of benzene rings is 1. The number of rotatable bonds is 6. The van der Waals surface area contributed by atoms with Gasteiger partial charge in [0.1, 0.15) is 0 Å². The molecule has 1 aromatic carbocycles. The van der Waals surface area contributed by atoms with Crippen molar-refractivity contribution in [2.24, 2.45) is 5.10 Å². The number of nitrogens with two attached hydrogens (primary N) is 1. The van der Waals surface area contributed by atoms with Crippen molar-refractivity contribution in [1.82, 2.24) is 0 Å². The van der Waals surface area contributed by atoms with Crippen LogP contribution in [-0.2, 0) is 12.8 Å². The van der Waals surface area contributed by atoms with E-state index in [0.29, 0.717) is 0 Å². The molecule has 134 valence electrons. The summed E-state index contributed by atoms with van der Waals surface area (Å²) in [6.07, 6.45) is 14.2. The van der Waals surface area contributed by atoms with Crippen molar-refractivity contribution >= 4 is 17.1 Å². The maximum absolute atomic E-state index is 4.78. The molecule has 2 heterocycles. The standard InChI is InChI=1S/C21H30N4/c1-17(9-5-4-6-12-22-2)23-24(3)20-15-18-10-7-13-25-14-8-11-19(16-20)21(18)25/h4-6,12,15-16,22H,7-11,13-14H2,1-3H3/p+1/b5-4-,12-6-,23-17+. The van der Waals surface area contributed by atoms with Crippen LogP contribution >= 0.6 is 0 Å². The van der Waals surface area contributed by atoms with Gasteiger partial charge in [0.05, 0.1) is 18.9 Å². The van der Waals surface area contributed by atoms with E-state index in [1.54, 1.807) is 0 Å². The Kier molecular flexibility index (Phi) is 5.92. The molecule has 4 heteroatoms. The van der Waals surface area contributed by atoms with Gasteiger partial charge in [-0.15, -0.1) is 0 Å². The minimum Gasteiger partial charge on any atom is -0.371 e. The Bertz CT molecular complexity index is 656. The monoisotopic (exact) mass is 339 g/mol. The minimum atomic E-state index is 0.879. The van der Waals surface area contributed by atoms with E-state index in [9.17, 15) is 0 Å². The van der Waals surface area contributed by atoms with Crippen LogP contribution in [0.5, 0.6) is 0 Å². The lowest BCUT2D eigenvalue weighted by molar-refractivity contribution is -0.556. The van der Waals surface area contributed by atoms with Gasteiger partial charge in [-0.1, -0.05) is 12.2 Å². The molecule has 0 amide bonds. The zero-order chi connectivity index (χ0) is 17.6. The summed E-state index contributed by atoms with van der Waals surface area (Å²) in [7, 11) is 4.09. The topological polar surface area (TPSA) is 35.5 Å². The average molecular weight is 340 g/mol. The molecule has 0 radical (unpaired) electrons. The van der Waals surface area contributed by atoms with Crippen molar-refractivity contribution in [1.29, 1.82) is 0 Å². The Hall–Kier alpha value is -2.07. The highest BCUT2D eigenvalue weighted by Gasteiger charge is 2.24. The van der Waals surface area contributed by atoms with Gasteiger partial charge in [-0.3, -0.25) is 5.01 Å². The Balaban J connectivity index is 1.74. The van der Waals surface area contributed by atoms with Crippen molar-refractivity contribution in [3.8, 4) is 0 Å². The highest BCUT2D eigenvalue weighted by molar-refractivity contribution is 5.84. The van der Waals surface area contributed by atoms with Gasteiger partial charge in [0.2, 0.25) is 0 Å². The van der Waals surface area contributed by atoms with E-state index in [2.05, 4.69) is 49.2 Å². The fourth-order valence-electron chi connectivity index (χ4n) is 3.82. The van der Waals surface area contributed by atoms with Gasteiger partial charge in [-0.05, 0) is 61.9 Å². The SMILES string of the molecule is C[NH2+]/C=C\C=C/C/C(C)=N/N(C)c1cc2c3c(c1)CCCN3CCC2. The maximum Gasteiger partial charge on any atom is 0.0923 e. The predicted octanol–water partition coefficient (Wildman–Crippen LogP) is 2.85. The lowest BCUT2D eigenvalue weighted by Crippen LogP contribution is -2.72. The summed E-state index contributed by atoms with van der Waals surface area (Å²) in [5.41, 5.74) is 6.90. The van der Waals surface area contributed by atoms with Gasteiger partial charge >= 0.3 is 0 Å². The van der Waals surface area contributed by atoms with Crippen LogP contribution in [0.4, 0.5) is 11.4 Å². The number of allylic oxidation sites excluding steroid dienone is 3. The summed E-state index contributed by atoms with van der Waals surface area (Å²) in [5, 5.41) is 8.85. The van der Waals surface area contributed by atoms with Crippen LogP contribution < -0.4 is 15.2 Å². The summed E-state index contributed by atoms with van der Waals surface area (Å²) < 4.78 is 0. The summed E-state index contributed by atoms with van der Waals surface area (Å²) >= 11 is 0. The molecule has 0 bridgehead atoms. The quantitative estimate of drug-likeness (QED) is 0.491. The lowest BCUT2D eigenvalue weighted by Gasteiger charge is -2.37. The van der Waals surface area contributed by atoms with Crippen molar-refractivity contribution in [2.75, 3.05) is 37.1 Å². The van der Waals surface area contributed by atoms with E-state index in [1.165, 1.54) is 61.3 Å². The first-order valence-corrected chi connectivity index (χ1v) is 9.48. The van der Waals surface area contributed by atoms with E-state index < -0.39 is 0 Å². The second kappa shape index (κ2) is 8.34. The van der Waals surface area contributed by atoms with Crippen LogP contribution in [0.3, 0.4) is 0 Å². The molecule has 4 nitrogen and oxygen atoms in total. The lowest BCUT2D eigenvalue weighted by atomic mass is 9.91. The summed E-state index contributed by atoms with van der Waals surface area (Å²) in [5.74, 6) is 0. The number of nitrogens with zero attached hydrogens (tertiary/aromatic N) is 3. The van der Waals surface area contributed by atoms with E-state index in [-0.39, 0.29) is 0 Å². The largest absolute Gasteiger partial charge is 0.371 e. The third-order valence-electron chi connectivity index (χ3n) is 4.98. The van der Waals surface area contributed by atoms with Crippen LogP contribution in [0.1, 0.15) is 37.3 Å². The fourth-order valence-corrected chi connectivity index (χ4v) is 3.82. The van der Waals surface area contributed by atoms with Gasteiger partial charge in [0.25, 0.3) is 0 Å². The van der Waals surface area contributed by atoms with Crippen LogP contribution in [0.25, 0.3) is 0 Å². The number of quaternary nitrogens is 1. The van der Waals surface area contributed by atoms with E-state index in [0.717, 1.165) is 12.1 Å². The molecule has 0 aromatic heterocycles. The smallest absolute Gasteiger partial charge is 0.0923 e. The number of hydrogen-bond donors (Lipinski definition) is 1. The van der Waals surface area contributed by atoms with E-state index in [1.807, 2.05) is 23.6 Å². The van der Waals surface area contributed by atoms with E-state index >= 15 is 0 Å². The second-order valence-electron chi connectivity index (χ2n) is 7.02. The number of anilines is 2. The Morgan fingerprint density at radius 2 is 1.88 bits per heavy atom. The molecule has 0 unspecified atom stereocenters. The Labute approximate surface area is 151 Å². The highest BCUT2D eigenvalue weighted by Crippen LogP contribution is 2.38. The third-order valence-corrected chi connectivity index (χ3v) is 4.98. The molecular weight excluding hydrogens is 308 g/mol. The average Bonchev–Trinajstić information content (AvgIpc) is 2.62. The van der Waals surface area contributed by atoms with Crippen LogP contribution in [0.15, 0.2) is 41.7 Å². The van der Waals surface area contributed by atoms with Crippen LogP contribution in [-0.4, -0.2) is 32.9 Å². The van der Waals surface area contributed by atoms with Crippen molar-refractivity contribution in [2.45, 2.75) is 39.0 Å². The molecule has 0 fully saturated rings. The van der Waals surface area contributed by atoms with Gasteiger partial charge in [-0.2, -0.15) is 5.10 Å². The molecule has 0 spiro atoms. The summed E-state index contributed by atoms with van der Waals surface area (Å²) in [4.78, 5) is 2.59. The molecule has 25 heavy (non-hydrogen) atoms.